The number of carboxylic acid groups (broad SMARTS) is 2. The Balaban J connectivity index is 1.92. The first kappa shape index (κ1) is 22.0. The third-order valence-corrected chi connectivity index (χ3v) is 4.38. The van der Waals surface area contributed by atoms with Crippen molar-refractivity contribution < 1.29 is 34.3 Å². The molecular weight excluding hydrogens is 420 g/mol. The molecule has 3 rings (SSSR count). The number of nitro benzene ring substituents is 1. The maximum Gasteiger partial charge on any atom is 0.336 e. The highest BCUT2D eigenvalue weighted by Crippen LogP contribution is 2.32. The van der Waals surface area contributed by atoms with Crippen LogP contribution in [0, 0.1) is 17.0 Å². The average Bonchev–Trinajstić information content (AvgIpc) is 2.75. The number of benzene rings is 3. The van der Waals surface area contributed by atoms with Crippen molar-refractivity contribution >= 4 is 29.2 Å². The fourth-order valence-corrected chi connectivity index (χ4v) is 2.86. The highest BCUT2D eigenvalue weighted by atomic mass is 16.6. The van der Waals surface area contributed by atoms with Crippen LogP contribution in [0.25, 0.3) is 0 Å². The number of aryl methyl sites for hydroxylation is 1. The molecular formula is C22H16N2O8. The first-order valence-electron chi connectivity index (χ1n) is 9.10. The molecule has 0 radical (unpaired) electrons. The molecule has 10 nitrogen and oxygen atoms in total. The number of non-ortho nitro benzene ring substituents is 1. The molecule has 0 aromatic heterocycles. The smallest absolute Gasteiger partial charge is 0.336 e. The molecule has 0 aliphatic carbocycles. The van der Waals surface area contributed by atoms with E-state index in [1.165, 1.54) is 24.3 Å². The molecule has 0 saturated heterocycles. The normalized spacial score (nSPS) is 10.3. The van der Waals surface area contributed by atoms with Crippen LogP contribution in [0.5, 0.6) is 11.5 Å². The van der Waals surface area contributed by atoms with E-state index < -0.39 is 33.9 Å². The number of amides is 1. The van der Waals surface area contributed by atoms with Gasteiger partial charge in [0.15, 0.2) is 5.75 Å². The van der Waals surface area contributed by atoms with Crippen LogP contribution in [-0.2, 0) is 0 Å². The minimum atomic E-state index is -1.43. The van der Waals surface area contributed by atoms with Crippen molar-refractivity contribution in [1.82, 2.24) is 0 Å². The Kier molecular flexibility index (Phi) is 6.15. The van der Waals surface area contributed by atoms with E-state index >= 15 is 0 Å². The van der Waals surface area contributed by atoms with E-state index in [9.17, 15) is 29.6 Å². The van der Waals surface area contributed by atoms with Crippen molar-refractivity contribution in [1.29, 1.82) is 0 Å². The lowest BCUT2D eigenvalue weighted by Gasteiger charge is -2.14. The molecule has 3 aromatic carbocycles. The summed E-state index contributed by atoms with van der Waals surface area (Å²) in [7, 11) is 0. The van der Waals surface area contributed by atoms with Crippen LogP contribution < -0.4 is 10.1 Å². The molecule has 0 aliphatic rings. The Bertz CT molecular complexity index is 1250. The fourth-order valence-electron chi connectivity index (χ4n) is 2.86. The number of nitro groups is 1. The van der Waals surface area contributed by atoms with E-state index in [1.807, 2.05) is 0 Å². The lowest BCUT2D eigenvalue weighted by atomic mass is 10.1. The van der Waals surface area contributed by atoms with Gasteiger partial charge in [0.05, 0.1) is 21.7 Å². The van der Waals surface area contributed by atoms with Gasteiger partial charge in [-0.05, 0) is 48.9 Å². The Hall–Kier alpha value is -4.73. The van der Waals surface area contributed by atoms with Gasteiger partial charge < -0.3 is 20.3 Å². The molecule has 3 N–H and O–H groups in total. The van der Waals surface area contributed by atoms with Crippen molar-refractivity contribution in [3.8, 4) is 11.5 Å². The molecule has 0 atom stereocenters. The summed E-state index contributed by atoms with van der Waals surface area (Å²) in [6.45, 7) is 1.77. The van der Waals surface area contributed by atoms with Crippen molar-refractivity contribution in [2.75, 3.05) is 5.32 Å². The molecule has 0 aliphatic heterocycles. The maximum absolute atomic E-state index is 12.6. The van der Waals surface area contributed by atoms with Gasteiger partial charge in [-0.1, -0.05) is 12.1 Å². The van der Waals surface area contributed by atoms with E-state index in [-0.39, 0.29) is 28.4 Å². The van der Waals surface area contributed by atoms with Crippen LogP contribution in [-0.4, -0.2) is 33.0 Å². The number of hydrogen-bond acceptors (Lipinski definition) is 6. The van der Waals surface area contributed by atoms with Crippen LogP contribution in [0.4, 0.5) is 11.4 Å². The number of rotatable bonds is 7. The summed E-state index contributed by atoms with van der Waals surface area (Å²) < 4.78 is 5.71. The summed E-state index contributed by atoms with van der Waals surface area (Å²) in [6, 6.07) is 13.5. The minimum absolute atomic E-state index is 0.0436. The minimum Gasteiger partial charge on any atom is -0.478 e. The second kappa shape index (κ2) is 8.96. The number of carboxylic acids is 2. The number of nitrogens with zero attached hydrogens (tertiary/aromatic N) is 1. The molecule has 3 aromatic rings. The third kappa shape index (κ3) is 4.87. The summed E-state index contributed by atoms with van der Waals surface area (Å²) >= 11 is 0. The highest BCUT2D eigenvalue weighted by Gasteiger charge is 2.18. The molecule has 0 unspecified atom stereocenters. The van der Waals surface area contributed by atoms with Crippen LogP contribution >= 0.6 is 0 Å². The van der Waals surface area contributed by atoms with Gasteiger partial charge in [-0.2, -0.15) is 0 Å². The Morgan fingerprint density at radius 2 is 1.66 bits per heavy atom. The van der Waals surface area contributed by atoms with Gasteiger partial charge in [0.2, 0.25) is 0 Å². The number of anilines is 1. The van der Waals surface area contributed by atoms with E-state index in [0.717, 1.165) is 23.8 Å². The second-order valence-electron chi connectivity index (χ2n) is 6.68. The Morgan fingerprint density at radius 1 is 0.938 bits per heavy atom. The maximum atomic E-state index is 12.6. The van der Waals surface area contributed by atoms with Gasteiger partial charge in [0.25, 0.3) is 11.6 Å². The third-order valence-electron chi connectivity index (χ3n) is 4.38. The summed E-state index contributed by atoms with van der Waals surface area (Å²) in [5.41, 5.74) is -0.0132. The second-order valence-corrected chi connectivity index (χ2v) is 6.68. The van der Waals surface area contributed by atoms with E-state index in [0.29, 0.717) is 0 Å². The fraction of sp³-hybridized carbons (Fsp3) is 0.0455. The molecule has 0 saturated carbocycles. The first-order chi connectivity index (χ1) is 15.2. The number of carbonyl (C=O) groups excluding carboxylic acids is 1. The summed E-state index contributed by atoms with van der Waals surface area (Å²) in [6.07, 6.45) is 0. The zero-order valence-electron chi connectivity index (χ0n) is 16.6. The molecule has 0 heterocycles. The van der Waals surface area contributed by atoms with E-state index in [4.69, 9.17) is 9.84 Å². The molecule has 0 bridgehead atoms. The quantitative estimate of drug-likeness (QED) is 0.365. The Labute approximate surface area is 180 Å². The lowest BCUT2D eigenvalue weighted by Crippen LogP contribution is -2.13. The topological polar surface area (TPSA) is 156 Å². The predicted octanol–water partition coefficient (Wildman–Crippen LogP) is 4.34. The molecule has 162 valence electrons. The Morgan fingerprint density at radius 3 is 2.31 bits per heavy atom. The molecule has 1 amide bonds. The summed E-state index contributed by atoms with van der Waals surface area (Å²) in [4.78, 5) is 45.6. The largest absolute Gasteiger partial charge is 0.478 e. The van der Waals surface area contributed by atoms with E-state index in [1.54, 1.807) is 25.1 Å². The zero-order valence-corrected chi connectivity index (χ0v) is 16.6. The lowest BCUT2D eigenvalue weighted by molar-refractivity contribution is -0.384. The molecule has 0 spiro atoms. The summed E-state index contributed by atoms with van der Waals surface area (Å²) in [5, 5.41) is 32.0. The van der Waals surface area contributed by atoms with Crippen LogP contribution in [0.1, 0.15) is 36.6 Å². The zero-order chi connectivity index (χ0) is 23.4. The van der Waals surface area contributed by atoms with Gasteiger partial charge in [-0.3, -0.25) is 14.9 Å². The first-order valence-corrected chi connectivity index (χ1v) is 9.10. The van der Waals surface area contributed by atoms with Crippen LogP contribution in [0.15, 0.2) is 60.7 Å². The van der Waals surface area contributed by atoms with Gasteiger partial charge in [0, 0.05) is 17.7 Å². The number of carbonyl (C=O) groups is 3. The highest BCUT2D eigenvalue weighted by molar-refractivity contribution is 6.05. The van der Waals surface area contributed by atoms with Gasteiger partial charge in [-0.25, -0.2) is 9.59 Å². The number of hydrogen-bond donors (Lipinski definition) is 3. The molecule has 10 heteroatoms. The summed E-state index contributed by atoms with van der Waals surface area (Å²) in [5.74, 6) is -3.24. The number of nitrogens with one attached hydrogen (secondary N) is 1. The van der Waals surface area contributed by atoms with Crippen molar-refractivity contribution in [2.24, 2.45) is 0 Å². The standard InChI is InChI=1S/C22H16N2O8/c1-12-5-8-19(32-15-6-7-16(21(26)27)17(11-15)22(28)29)18(9-12)23-20(25)13-3-2-4-14(10-13)24(30)31/h2-11H,1H3,(H,23,25)(H,26,27)(H,28,29). The average molecular weight is 436 g/mol. The SMILES string of the molecule is Cc1ccc(Oc2ccc(C(=O)O)c(C(=O)O)c2)c(NC(=O)c2cccc([N+](=O)[O-])c2)c1. The van der Waals surface area contributed by atoms with Crippen LogP contribution in [0.3, 0.4) is 0 Å². The van der Waals surface area contributed by atoms with Gasteiger partial charge in [0.1, 0.15) is 5.75 Å². The monoisotopic (exact) mass is 436 g/mol. The number of aromatic carboxylic acids is 2. The van der Waals surface area contributed by atoms with Gasteiger partial charge >= 0.3 is 11.9 Å². The van der Waals surface area contributed by atoms with Crippen molar-refractivity contribution in [3.05, 3.63) is 93.0 Å². The van der Waals surface area contributed by atoms with Gasteiger partial charge in [-0.15, -0.1) is 0 Å². The molecule has 0 fully saturated rings. The van der Waals surface area contributed by atoms with E-state index in [2.05, 4.69) is 5.32 Å². The molecule has 32 heavy (non-hydrogen) atoms. The van der Waals surface area contributed by atoms with Crippen molar-refractivity contribution in [2.45, 2.75) is 6.92 Å². The van der Waals surface area contributed by atoms with Crippen molar-refractivity contribution in [3.63, 3.8) is 0 Å². The number of ether oxygens (including phenoxy) is 1. The predicted molar refractivity (Wildman–Crippen MR) is 113 cm³/mol. The van der Waals surface area contributed by atoms with Crippen LogP contribution in [0.2, 0.25) is 0 Å².